The number of fused-ring (bicyclic) bond motifs is 1. The van der Waals surface area contributed by atoms with E-state index in [2.05, 4.69) is 20.8 Å². The fourth-order valence-corrected chi connectivity index (χ4v) is 3.49. The molecular formula is C21H19N5O6. The maximum absolute atomic E-state index is 13.7. The summed E-state index contributed by atoms with van der Waals surface area (Å²) in [7, 11) is 4.16. The number of benzene rings is 2. The third-order valence-electron chi connectivity index (χ3n) is 5.01. The Hall–Kier alpha value is -4.41. The standard InChI is InChI=1S/C21H19N5O6/c1-30-14-9-6-12(10-15(14)31-2)19(28)16-17(20(29)32-3)22-21-23-24-25-26(21)18(16)11-4-7-13(27)8-5-11/h4-10,18,27H,1-3H3,(H,22,23,25)/t18-/m1/s1. The summed E-state index contributed by atoms with van der Waals surface area (Å²) in [5.74, 6) is -0.223. The molecule has 0 unspecified atom stereocenters. The van der Waals surface area contributed by atoms with E-state index >= 15 is 0 Å². The number of phenolic OH excluding ortho intramolecular Hbond substituents is 1. The van der Waals surface area contributed by atoms with E-state index in [1.54, 1.807) is 24.3 Å². The first-order valence-electron chi connectivity index (χ1n) is 9.41. The van der Waals surface area contributed by atoms with Crippen molar-refractivity contribution in [1.29, 1.82) is 0 Å². The Morgan fingerprint density at radius 2 is 1.75 bits per heavy atom. The van der Waals surface area contributed by atoms with Crippen LogP contribution < -0.4 is 14.8 Å². The average molecular weight is 437 g/mol. The number of nitrogens with zero attached hydrogens (tertiary/aromatic N) is 4. The summed E-state index contributed by atoms with van der Waals surface area (Å²) >= 11 is 0. The number of rotatable bonds is 6. The summed E-state index contributed by atoms with van der Waals surface area (Å²) in [6.45, 7) is 0. The third kappa shape index (κ3) is 3.49. The van der Waals surface area contributed by atoms with Crippen LogP contribution in [0.2, 0.25) is 0 Å². The molecular weight excluding hydrogens is 418 g/mol. The van der Waals surface area contributed by atoms with Gasteiger partial charge in [0.25, 0.3) is 0 Å². The molecule has 1 aromatic heterocycles. The molecule has 2 N–H and O–H groups in total. The first-order valence-corrected chi connectivity index (χ1v) is 9.41. The van der Waals surface area contributed by atoms with E-state index < -0.39 is 17.8 Å². The number of phenols is 1. The van der Waals surface area contributed by atoms with Gasteiger partial charge in [0.15, 0.2) is 17.3 Å². The van der Waals surface area contributed by atoms with E-state index in [4.69, 9.17) is 14.2 Å². The van der Waals surface area contributed by atoms with Crippen molar-refractivity contribution >= 4 is 17.7 Å². The van der Waals surface area contributed by atoms with Crippen molar-refractivity contribution in [3.63, 3.8) is 0 Å². The van der Waals surface area contributed by atoms with E-state index in [0.717, 1.165) is 0 Å². The molecule has 1 aliphatic rings. The van der Waals surface area contributed by atoms with Gasteiger partial charge in [0.1, 0.15) is 17.5 Å². The fraction of sp³-hybridized carbons (Fsp3) is 0.190. The molecule has 3 aromatic rings. The number of aromatic nitrogens is 4. The smallest absolute Gasteiger partial charge is 0.355 e. The van der Waals surface area contributed by atoms with E-state index in [-0.39, 0.29) is 28.5 Å². The molecule has 11 nitrogen and oxygen atoms in total. The molecule has 0 aliphatic carbocycles. The molecule has 2 heterocycles. The van der Waals surface area contributed by atoms with Gasteiger partial charge in [-0.3, -0.25) is 4.79 Å². The Labute approximate surface area is 182 Å². The number of ether oxygens (including phenoxy) is 3. The first-order chi connectivity index (χ1) is 15.5. The second kappa shape index (κ2) is 8.38. The average Bonchev–Trinajstić information content (AvgIpc) is 3.30. The molecule has 164 valence electrons. The molecule has 1 atom stereocenters. The molecule has 0 spiro atoms. The number of nitrogens with one attached hydrogen (secondary N) is 1. The number of aromatic hydroxyl groups is 1. The highest BCUT2D eigenvalue weighted by molar-refractivity contribution is 6.15. The summed E-state index contributed by atoms with van der Waals surface area (Å²) in [6, 6.07) is 9.99. The molecule has 2 aromatic carbocycles. The van der Waals surface area contributed by atoms with E-state index in [9.17, 15) is 14.7 Å². The van der Waals surface area contributed by atoms with Gasteiger partial charge in [0.05, 0.1) is 26.9 Å². The topological polar surface area (TPSA) is 138 Å². The molecule has 0 amide bonds. The molecule has 1 aliphatic heterocycles. The highest BCUT2D eigenvalue weighted by atomic mass is 16.5. The van der Waals surface area contributed by atoms with Gasteiger partial charge in [-0.2, -0.15) is 4.68 Å². The van der Waals surface area contributed by atoms with Crippen molar-refractivity contribution in [1.82, 2.24) is 20.2 Å². The predicted molar refractivity (Wildman–Crippen MR) is 111 cm³/mol. The van der Waals surface area contributed by atoms with Gasteiger partial charge < -0.3 is 24.6 Å². The second-order valence-electron chi connectivity index (χ2n) is 6.75. The first kappa shape index (κ1) is 20.8. The summed E-state index contributed by atoms with van der Waals surface area (Å²) in [4.78, 5) is 26.4. The lowest BCUT2D eigenvalue weighted by atomic mass is 9.89. The van der Waals surface area contributed by atoms with Gasteiger partial charge in [-0.25, -0.2) is 4.79 Å². The zero-order valence-electron chi connectivity index (χ0n) is 17.4. The molecule has 0 radical (unpaired) electrons. The van der Waals surface area contributed by atoms with Gasteiger partial charge in [0, 0.05) is 5.56 Å². The molecule has 32 heavy (non-hydrogen) atoms. The summed E-state index contributed by atoms with van der Waals surface area (Å²) in [6.07, 6.45) is 0. The van der Waals surface area contributed by atoms with Crippen molar-refractivity contribution in [2.45, 2.75) is 6.04 Å². The van der Waals surface area contributed by atoms with Crippen LogP contribution in [0.1, 0.15) is 22.0 Å². The summed E-state index contributed by atoms with van der Waals surface area (Å²) in [5.41, 5.74) is 0.798. The van der Waals surface area contributed by atoms with Crippen molar-refractivity contribution < 1.29 is 28.9 Å². The second-order valence-corrected chi connectivity index (χ2v) is 6.75. The molecule has 4 rings (SSSR count). The number of tetrazole rings is 1. The van der Waals surface area contributed by atoms with E-state index in [1.165, 1.54) is 44.2 Å². The monoisotopic (exact) mass is 437 g/mol. The zero-order valence-corrected chi connectivity index (χ0v) is 17.4. The Morgan fingerprint density at radius 3 is 2.41 bits per heavy atom. The SMILES string of the molecule is COC(=O)C1=C(C(=O)c2ccc(OC)c(OC)c2)[C@@H](c2ccc(O)cc2)n2nnnc2N1. The highest BCUT2D eigenvalue weighted by Crippen LogP contribution is 2.38. The Kier molecular flexibility index (Phi) is 5.46. The van der Waals surface area contributed by atoms with Crippen molar-refractivity contribution in [3.8, 4) is 17.2 Å². The zero-order chi connectivity index (χ0) is 22.8. The lowest BCUT2D eigenvalue weighted by Gasteiger charge is -2.28. The number of hydrogen-bond donors (Lipinski definition) is 2. The minimum atomic E-state index is -0.864. The number of esters is 1. The summed E-state index contributed by atoms with van der Waals surface area (Å²) < 4.78 is 16.8. The lowest BCUT2D eigenvalue weighted by molar-refractivity contribution is -0.136. The number of ketones is 1. The number of carbonyl (C=O) groups is 2. The number of hydrogen-bond acceptors (Lipinski definition) is 10. The van der Waals surface area contributed by atoms with Crippen LogP contribution in [0.5, 0.6) is 17.2 Å². The number of Topliss-reactive ketones (excluding diaryl/α,β-unsaturated/α-hetero) is 1. The fourth-order valence-electron chi connectivity index (χ4n) is 3.49. The minimum Gasteiger partial charge on any atom is -0.508 e. The van der Waals surface area contributed by atoms with Gasteiger partial charge >= 0.3 is 5.97 Å². The van der Waals surface area contributed by atoms with Gasteiger partial charge in [-0.15, -0.1) is 0 Å². The predicted octanol–water partition coefficient (Wildman–Crippen LogP) is 1.72. The van der Waals surface area contributed by atoms with Crippen LogP contribution in [0, 0.1) is 0 Å². The third-order valence-corrected chi connectivity index (χ3v) is 5.01. The highest BCUT2D eigenvalue weighted by Gasteiger charge is 2.38. The number of carbonyl (C=O) groups excluding carboxylic acids is 2. The Bertz CT molecular complexity index is 1220. The number of allylic oxidation sites excluding steroid dienone is 1. The Morgan fingerprint density at radius 1 is 1.03 bits per heavy atom. The molecule has 0 saturated carbocycles. The number of anilines is 1. The van der Waals surface area contributed by atoms with Crippen LogP contribution in [0.3, 0.4) is 0 Å². The maximum atomic E-state index is 13.7. The van der Waals surface area contributed by atoms with Gasteiger partial charge in [-0.05, 0) is 46.3 Å². The summed E-state index contributed by atoms with van der Waals surface area (Å²) in [5, 5.41) is 24.0. The molecule has 11 heteroatoms. The normalized spacial score (nSPS) is 14.9. The van der Waals surface area contributed by atoms with Gasteiger partial charge in [-0.1, -0.05) is 17.2 Å². The molecule has 0 saturated heterocycles. The van der Waals surface area contributed by atoms with Gasteiger partial charge in [0.2, 0.25) is 5.95 Å². The van der Waals surface area contributed by atoms with E-state index in [0.29, 0.717) is 17.1 Å². The van der Waals surface area contributed by atoms with Crippen LogP contribution >= 0.6 is 0 Å². The number of methoxy groups -OCH3 is 3. The lowest BCUT2D eigenvalue weighted by Crippen LogP contribution is -2.32. The van der Waals surface area contributed by atoms with Crippen LogP contribution in [0.4, 0.5) is 5.95 Å². The Balaban J connectivity index is 1.93. The van der Waals surface area contributed by atoms with Crippen molar-refractivity contribution in [3.05, 3.63) is 64.9 Å². The van der Waals surface area contributed by atoms with Crippen LogP contribution in [0.25, 0.3) is 0 Å². The van der Waals surface area contributed by atoms with Crippen molar-refractivity contribution in [2.24, 2.45) is 0 Å². The largest absolute Gasteiger partial charge is 0.508 e. The van der Waals surface area contributed by atoms with Crippen LogP contribution in [0.15, 0.2) is 53.7 Å². The van der Waals surface area contributed by atoms with Crippen LogP contribution in [-0.2, 0) is 9.53 Å². The molecule has 0 bridgehead atoms. The van der Waals surface area contributed by atoms with Crippen LogP contribution in [-0.4, -0.2) is 58.4 Å². The minimum absolute atomic E-state index is 0.0459. The molecule has 0 fully saturated rings. The quantitative estimate of drug-likeness (QED) is 0.433. The van der Waals surface area contributed by atoms with E-state index in [1.807, 2.05) is 0 Å². The maximum Gasteiger partial charge on any atom is 0.355 e. The van der Waals surface area contributed by atoms with Crippen molar-refractivity contribution in [2.75, 3.05) is 26.6 Å².